The zero-order chi connectivity index (χ0) is 10.1. The van der Waals surface area contributed by atoms with E-state index in [0.29, 0.717) is 0 Å². The van der Waals surface area contributed by atoms with E-state index in [1.165, 1.54) is 0 Å². The van der Waals surface area contributed by atoms with Gasteiger partial charge in [-0.25, -0.2) is 0 Å². The number of nitrogens with one attached hydrogen (secondary N) is 1. The van der Waals surface area contributed by atoms with E-state index in [-0.39, 0.29) is 29.6 Å². The van der Waals surface area contributed by atoms with Crippen molar-refractivity contribution in [2.45, 2.75) is 12.8 Å². The molecular weight excluding hydrogens is 178 g/mol. The largest absolute Gasteiger partial charge is 0.296 e. The lowest BCUT2D eigenvalue weighted by Gasteiger charge is -2.25. The van der Waals surface area contributed by atoms with Gasteiger partial charge in [0.1, 0.15) is 0 Å². The monoisotopic (exact) mass is 191 g/mol. The van der Waals surface area contributed by atoms with Crippen LogP contribution in [0.25, 0.3) is 0 Å². The molecule has 0 spiro atoms. The Balaban J connectivity index is 2.25. The molecule has 1 saturated heterocycles. The molecular formula is C11H13NO2. The van der Waals surface area contributed by atoms with Gasteiger partial charge < -0.3 is 0 Å². The maximum Gasteiger partial charge on any atom is 0.234 e. The zero-order valence-electron chi connectivity index (χ0n) is 7.90. The smallest absolute Gasteiger partial charge is 0.234 e. The molecule has 1 aliphatic heterocycles. The fraction of sp³-hybridized carbons (Fsp3) is 0.455. The number of rotatable bonds is 2. The maximum atomic E-state index is 11.5. The highest BCUT2D eigenvalue weighted by Crippen LogP contribution is 2.36. The molecule has 2 amide bonds. The van der Waals surface area contributed by atoms with Crippen molar-refractivity contribution in [3.05, 3.63) is 24.8 Å². The summed E-state index contributed by atoms with van der Waals surface area (Å²) in [7, 11) is 0. The van der Waals surface area contributed by atoms with Crippen LogP contribution in [-0.2, 0) is 9.59 Å². The Morgan fingerprint density at radius 3 is 3.00 bits per heavy atom. The lowest BCUT2D eigenvalue weighted by molar-refractivity contribution is -0.126. The predicted molar refractivity (Wildman–Crippen MR) is 52.2 cm³/mol. The van der Waals surface area contributed by atoms with Crippen molar-refractivity contribution in [3.63, 3.8) is 0 Å². The Morgan fingerprint density at radius 1 is 1.50 bits per heavy atom. The topological polar surface area (TPSA) is 46.2 Å². The normalized spacial score (nSPS) is 35.3. The van der Waals surface area contributed by atoms with Gasteiger partial charge >= 0.3 is 0 Å². The van der Waals surface area contributed by atoms with E-state index in [0.717, 1.165) is 12.8 Å². The van der Waals surface area contributed by atoms with Gasteiger partial charge in [0.15, 0.2) is 0 Å². The molecule has 0 aromatic rings. The second-order valence-electron chi connectivity index (χ2n) is 3.85. The third-order valence-corrected chi connectivity index (χ3v) is 3.00. The van der Waals surface area contributed by atoms with Crippen LogP contribution in [0.1, 0.15) is 12.8 Å². The van der Waals surface area contributed by atoms with Crippen LogP contribution in [0.5, 0.6) is 0 Å². The fourth-order valence-corrected chi connectivity index (χ4v) is 2.33. The van der Waals surface area contributed by atoms with E-state index >= 15 is 0 Å². The molecule has 2 rings (SSSR count). The molecule has 0 saturated carbocycles. The first-order valence-corrected chi connectivity index (χ1v) is 4.86. The summed E-state index contributed by atoms with van der Waals surface area (Å²) in [6, 6.07) is 0. The third kappa shape index (κ3) is 1.29. The summed E-state index contributed by atoms with van der Waals surface area (Å²) in [5, 5.41) is 2.38. The van der Waals surface area contributed by atoms with E-state index in [9.17, 15) is 9.59 Å². The number of hydrogen-bond donors (Lipinski definition) is 1. The summed E-state index contributed by atoms with van der Waals surface area (Å²) in [5.41, 5.74) is 0. The average molecular weight is 191 g/mol. The molecule has 0 aromatic heterocycles. The van der Waals surface area contributed by atoms with Gasteiger partial charge in [-0.1, -0.05) is 18.2 Å². The standard InChI is InChI=1S/C11H13NO2/c1-2-4-7-5-3-6-8-9(7)11(14)12-10(8)13/h2-3,6-9H,1,4-5H2,(H,12,13,14). The van der Waals surface area contributed by atoms with Crippen LogP contribution in [0, 0.1) is 17.8 Å². The number of amides is 2. The first-order chi connectivity index (χ1) is 6.74. The Labute approximate surface area is 82.9 Å². The number of fused-ring (bicyclic) bond motifs is 1. The molecule has 14 heavy (non-hydrogen) atoms. The number of carbonyl (C=O) groups excluding carboxylic acids is 2. The lowest BCUT2D eigenvalue weighted by Crippen LogP contribution is -2.28. The first-order valence-electron chi connectivity index (χ1n) is 4.86. The molecule has 3 atom stereocenters. The molecule has 1 N–H and O–H groups in total. The second-order valence-corrected chi connectivity index (χ2v) is 3.85. The van der Waals surface area contributed by atoms with Crippen LogP contribution < -0.4 is 5.32 Å². The molecule has 74 valence electrons. The molecule has 0 bridgehead atoms. The molecule has 0 aromatic carbocycles. The van der Waals surface area contributed by atoms with Crippen molar-refractivity contribution < 1.29 is 9.59 Å². The molecule has 3 unspecified atom stereocenters. The molecule has 0 radical (unpaired) electrons. The van der Waals surface area contributed by atoms with Crippen molar-refractivity contribution in [2.75, 3.05) is 0 Å². The second kappa shape index (κ2) is 3.40. The van der Waals surface area contributed by atoms with Gasteiger partial charge in [0.05, 0.1) is 11.8 Å². The minimum atomic E-state index is -0.235. The molecule has 1 aliphatic carbocycles. The van der Waals surface area contributed by atoms with Crippen LogP contribution >= 0.6 is 0 Å². The van der Waals surface area contributed by atoms with E-state index in [2.05, 4.69) is 11.9 Å². The molecule has 1 fully saturated rings. The Bertz CT molecular complexity index is 319. The maximum absolute atomic E-state index is 11.5. The van der Waals surface area contributed by atoms with E-state index in [4.69, 9.17) is 0 Å². The molecule has 3 heteroatoms. The SMILES string of the molecule is C=CCC1CC=CC2C(=O)NC(=O)C12. The number of allylic oxidation sites excluding steroid dienone is 2. The van der Waals surface area contributed by atoms with Gasteiger partial charge in [-0.2, -0.15) is 0 Å². The number of imide groups is 1. The highest BCUT2D eigenvalue weighted by Gasteiger charge is 2.45. The van der Waals surface area contributed by atoms with Crippen molar-refractivity contribution in [1.82, 2.24) is 5.32 Å². The summed E-state index contributed by atoms with van der Waals surface area (Å²) in [6.07, 6.45) is 7.33. The Kier molecular flexibility index (Phi) is 2.23. The van der Waals surface area contributed by atoms with Gasteiger partial charge in [0.25, 0.3) is 0 Å². The van der Waals surface area contributed by atoms with E-state index in [1.807, 2.05) is 18.2 Å². The van der Waals surface area contributed by atoms with Gasteiger partial charge in [-0.15, -0.1) is 6.58 Å². The van der Waals surface area contributed by atoms with Crippen LogP contribution in [0.2, 0.25) is 0 Å². The summed E-state index contributed by atoms with van der Waals surface area (Å²) in [5.74, 6) is -0.415. The number of carbonyl (C=O) groups is 2. The zero-order valence-corrected chi connectivity index (χ0v) is 7.90. The average Bonchev–Trinajstić information content (AvgIpc) is 2.44. The highest BCUT2D eigenvalue weighted by atomic mass is 16.2. The van der Waals surface area contributed by atoms with Crippen LogP contribution in [0.3, 0.4) is 0 Å². The van der Waals surface area contributed by atoms with Gasteiger partial charge in [-0.3, -0.25) is 14.9 Å². The molecule has 1 heterocycles. The van der Waals surface area contributed by atoms with Gasteiger partial charge in [0.2, 0.25) is 11.8 Å². The fourth-order valence-electron chi connectivity index (χ4n) is 2.33. The van der Waals surface area contributed by atoms with Gasteiger partial charge in [-0.05, 0) is 18.8 Å². The van der Waals surface area contributed by atoms with Crippen LogP contribution in [0.4, 0.5) is 0 Å². The van der Waals surface area contributed by atoms with Crippen molar-refractivity contribution in [2.24, 2.45) is 17.8 Å². The van der Waals surface area contributed by atoms with Crippen LogP contribution in [0.15, 0.2) is 24.8 Å². The highest BCUT2D eigenvalue weighted by molar-refractivity contribution is 6.06. The number of hydrogen-bond acceptors (Lipinski definition) is 2. The molecule has 2 aliphatic rings. The van der Waals surface area contributed by atoms with Crippen molar-refractivity contribution in [1.29, 1.82) is 0 Å². The quantitative estimate of drug-likeness (QED) is 0.523. The Morgan fingerprint density at radius 2 is 2.29 bits per heavy atom. The summed E-state index contributed by atoms with van der Waals surface area (Å²) < 4.78 is 0. The summed E-state index contributed by atoms with van der Waals surface area (Å²) in [6.45, 7) is 3.67. The molecule has 3 nitrogen and oxygen atoms in total. The Hall–Kier alpha value is -1.38. The minimum Gasteiger partial charge on any atom is -0.296 e. The minimum absolute atomic E-state index is 0.115. The van der Waals surface area contributed by atoms with Crippen molar-refractivity contribution >= 4 is 11.8 Å². The summed E-state index contributed by atoms with van der Waals surface area (Å²) in [4.78, 5) is 22.9. The lowest BCUT2D eigenvalue weighted by atomic mass is 9.76. The van der Waals surface area contributed by atoms with Crippen LogP contribution in [-0.4, -0.2) is 11.8 Å². The summed E-state index contributed by atoms with van der Waals surface area (Å²) >= 11 is 0. The van der Waals surface area contributed by atoms with Gasteiger partial charge in [0, 0.05) is 0 Å². The first kappa shape index (κ1) is 9.19. The third-order valence-electron chi connectivity index (χ3n) is 3.00. The van der Waals surface area contributed by atoms with E-state index in [1.54, 1.807) is 0 Å². The van der Waals surface area contributed by atoms with E-state index < -0.39 is 0 Å². The van der Waals surface area contributed by atoms with Crippen molar-refractivity contribution in [3.8, 4) is 0 Å². The predicted octanol–water partition coefficient (Wildman–Crippen LogP) is 1.03.